The van der Waals surface area contributed by atoms with Gasteiger partial charge in [0.1, 0.15) is 5.82 Å². The van der Waals surface area contributed by atoms with Crippen LogP contribution < -0.4 is 10.6 Å². The van der Waals surface area contributed by atoms with Gasteiger partial charge >= 0.3 is 0 Å². The van der Waals surface area contributed by atoms with Crippen molar-refractivity contribution in [3.63, 3.8) is 0 Å². The Hall–Kier alpha value is -1.42. The first-order valence-electron chi connectivity index (χ1n) is 5.44. The van der Waals surface area contributed by atoms with Crippen LogP contribution in [0.5, 0.6) is 0 Å². The minimum Gasteiger partial charge on any atom is -0.326 e. The monoisotopic (exact) mass is 222 g/mol. The molecule has 2 rings (SSSR count). The normalized spacial score (nSPS) is 19.8. The van der Waals surface area contributed by atoms with E-state index in [0.29, 0.717) is 12.2 Å². The highest BCUT2D eigenvalue weighted by atomic mass is 19.1. The van der Waals surface area contributed by atoms with Crippen molar-refractivity contribution in [1.82, 2.24) is 5.32 Å². The minimum atomic E-state index is -0.320. The minimum absolute atomic E-state index is 0.00331. The van der Waals surface area contributed by atoms with Crippen molar-refractivity contribution in [3.05, 3.63) is 29.6 Å². The van der Waals surface area contributed by atoms with Crippen molar-refractivity contribution in [1.29, 1.82) is 0 Å². The second-order valence-electron chi connectivity index (χ2n) is 4.20. The smallest absolute Gasteiger partial charge is 0.228 e. The van der Waals surface area contributed by atoms with Crippen molar-refractivity contribution < 1.29 is 9.18 Å². The molecule has 1 fully saturated rings. The summed E-state index contributed by atoms with van der Waals surface area (Å²) in [5.74, 6) is -0.349. The summed E-state index contributed by atoms with van der Waals surface area (Å²) in [4.78, 5) is 11.8. The summed E-state index contributed by atoms with van der Waals surface area (Å²) in [6.07, 6.45) is 0.847. The Morgan fingerprint density at radius 3 is 2.94 bits per heavy atom. The van der Waals surface area contributed by atoms with E-state index < -0.39 is 0 Å². The average Bonchev–Trinajstić information content (AvgIpc) is 2.68. The molecular weight excluding hydrogens is 207 g/mol. The van der Waals surface area contributed by atoms with Crippen molar-refractivity contribution in [2.75, 3.05) is 18.4 Å². The molecule has 1 aliphatic rings. The van der Waals surface area contributed by atoms with Gasteiger partial charge in [-0.3, -0.25) is 4.79 Å². The van der Waals surface area contributed by atoms with Crippen LogP contribution in [0.3, 0.4) is 0 Å². The maximum absolute atomic E-state index is 13.1. The van der Waals surface area contributed by atoms with E-state index >= 15 is 0 Å². The number of benzene rings is 1. The van der Waals surface area contributed by atoms with E-state index in [9.17, 15) is 9.18 Å². The first-order valence-corrected chi connectivity index (χ1v) is 5.44. The van der Waals surface area contributed by atoms with Crippen LogP contribution in [0.1, 0.15) is 12.0 Å². The third kappa shape index (κ3) is 2.58. The van der Waals surface area contributed by atoms with E-state index in [2.05, 4.69) is 10.6 Å². The molecule has 4 heteroatoms. The Morgan fingerprint density at radius 2 is 2.31 bits per heavy atom. The van der Waals surface area contributed by atoms with Crippen molar-refractivity contribution in [3.8, 4) is 0 Å². The second kappa shape index (κ2) is 4.61. The van der Waals surface area contributed by atoms with E-state index in [1.165, 1.54) is 12.1 Å². The summed E-state index contributed by atoms with van der Waals surface area (Å²) in [5, 5.41) is 5.87. The molecule has 1 aromatic rings. The highest BCUT2D eigenvalue weighted by Gasteiger charge is 2.22. The largest absolute Gasteiger partial charge is 0.326 e. The topological polar surface area (TPSA) is 41.1 Å². The number of amides is 1. The van der Waals surface area contributed by atoms with E-state index in [0.717, 1.165) is 18.5 Å². The average molecular weight is 222 g/mol. The predicted molar refractivity (Wildman–Crippen MR) is 60.7 cm³/mol. The SMILES string of the molecule is Cc1cc(F)cc(NC(=O)[C@H]2CCNC2)c1. The summed E-state index contributed by atoms with van der Waals surface area (Å²) in [6, 6.07) is 4.55. The highest BCUT2D eigenvalue weighted by molar-refractivity contribution is 5.92. The first-order chi connectivity index (χ1) is 7.65. The quantitative estimate of drug-likeness (QED) is 0.799. The molecule has 0 radical (unpaired) electrons. The maximum Gasteiger partial charge on any atom is 0.228 e. The lowest BCUT2D eigenvalue weighted by molar-refractivity contribution is -0.119. The first kappa shape index (κ1) is 11.1. The zero-order chi connectivity index (χ0) is 11.5. The zero-order valence-electron chi connectivity index (χ0n) is 9.22. The van der Waals surface area contributed by atoms with E-state index in [4.69, 9.17) is 0 Å². The van der Waals surface area contributed by atoms with Crippen molar-refractivity contribution in [2.24, 2.45) is 5.92 Å². The molecule has 1 amide bonds. The molecule has 3 nitrogen and oxygen atoms in total. The predicted octanol–water partition coefficient (Wildman–Crippen LogP) is 1.68. The summed E-state index contributed by atoms with van der Waals surface area (Å²) in [7, 11) is 0. The van der Waals surface area contributed by atoms with Crippen LogP contribution in [-0.4, -0.2) is 19.0 Å². The van der Waals surface area contributed by atoms with Crippen molar-refractivity contribution >= 4 is 11.6 Å². The van der Waals surface area contributed by atoms with Crippen molar-refractivity contribution in [2.45, 2.75) is 13.3 Å². The number of anilines is 1. The van der Waals surface area contributed by atoms with Gasteiger partial charge in [0, 0.05) is 12.2 Å². The number of rotatable bonds is 2. The molecule has 0 spiro atoms. The molecule has 0 aromatic heterocycles. The fourth-order valence-electron chi connectivity index (χ4n) is 1.93. The fourth-order valence-corrected chi connectivity index (χ4v) is 1.93. The standard InChI is InChI=1S/C12H15FN2O/c1-8-4-10(13)6-11(5-8)15-12(16)9-2-3-14-7-9/h4-6,9,14H,2-3,7H2,1H3,(H,15,16)/t9-/m0/s1. The van der Waals surface area contributed by atoms with Gasteiger partial charge in [-0.15, -0.1) is 0 Å². The number of aryl methyl sites for hydroxylation is 1. The molecule has 0 aliphatic carbocycles. The number of carbonyl (C=O) groups excluding carboxylic acids is 1. The lowest BCUT2D eigenvalue weighted by Crippen LogP contribution is -2.24. The zero-order valence-corrected chi connectivity index (χ0v) is 9.22. The Balaban J connectivity index is 2.05. The van der Waals surface area contributed by atoms with Crippen LogP contribution in [-0.2, 0) is 4.79 Å². The van der Waals surface area contributed by atoms with Crippen LogP contribution in [0.2, 0.25) is 0 Å². The number of halogens is 1. The molecule has 1 heterocycles. The molecule has 1 aromatic carbocycles. The van der Waals surface area contributed by atoms with E-state index in [1.807, 2.05) is 0 Å². The Labute approximate surface area is 94.0 Å². The molecule has 0 bridgehead atoms. The molecule has 0 saturated carbocycles. The molecular formula is C12H15FN2O. The van der Waals surface area contributed by atoms with Crippen LogP contribution in [0.4, 0.5) is 10.1 Å². The molecule has 2 N–H and O–H groups in total. The molecule has 1 aliphatic heterocycles. The summed E-state index contributed by atoms with van der Waals surface area (Å²) < 4.78 is 13.1. The van der Waals surface area contributed by atoms with Gasteiger partial charge < -0.3 is 10.6 Å². The number of hydrogen-bond donors (Lipinski definition) is 2. The van der Waals surface area contributed by atoms with Gasteiger partial charge in [0.05, 0.1) is 5.92 Å². The Kier molecular flexibility index (Phi) is 3.19. The van der Waals surface area contributed by atoms with Gasteiger partial charge in [0.25, 0.3) is 0 Å². The van der Waals surface area contributed by atoms with Crippen LogP contribution in [0.25, 0.3) is 0 Å². The van der Waals surface area contributed by atoms with E-state index in [1.54, 1.807) is 13.0 Å². The van der Waals surface area contributed by atoms with Gasteiger partial charge in [0.15, 0.2) is 0 Å². The second-order valence-corrected chi connectivity index (χ2v) is 4.20. The number of nitrogens with one attached hydrogen (secondary N) is 2. The Bertz CT molecular complexity index is 380. The third-order valence-corrected chi connectivity index (χ3v) is 2.74. The van der Waals surface area contributed by atoms with Gasteiger partial charge in [-0.1, -0.05) is 0 Å². The number of carbonyl (C=O) groups is 1. The van der Waals surface area contributed by atoms with Gasteiger partial charge in [-0.25, -0.2) is 4.39 Å². The lowest BCUT2D eigenvalue weighted by Gasteiger charge is -2.10. The molecule has 1 saturated heterocycles. The lowest BCUT2D eigenvalue weighted by atomic mass is 10.1. The summed E-state index contributed by atoms with van der Waals surface area (Å²) in [5.41, 5.74) is 1.34. The molecule has 16 heavy (non-hydrogen) atoms. The van der Waals surface area contributed by atoms with Crippen LogP contribution >= 0.6 is 0 Å². The Morgan fingerprint density at radius 1 is 1.50 bits per heavy atom. The molecule has 1 atom stereocenters. The van der Waals surface area contributed by atoms with Crippen LogP contribution in [0, 0.1) is 18.7 Å². The molecule has 0 unspecified atom stereocenters. The maximum atomic E-state index is 13.1. The highest BCUT2D eigenvalue weighted by Crippen LogP contribution is 2.16. The van der Waals surface area contributed by atoms with Gasteiger partial charge in [-0.2, -0.15) is 0 Å². The van der Waals surface area contributed by atoms with E-state index in [-0.39, 0.29) is 17.6 Å². The van der Waals surface area contributed by atoms with Crippen LogP contribution in [0.15, 0.2) is 18.2 Å². The third-order valence-electron chi connectivity index (χ3n) is 2.74. The number of hydrogen-bond acceptors (Lipinski definition) is 2. The fraction of sp³-hybridized carbons (Fsp3) is 0.417. The molecule has 86 valence electrons. The summed E-state index contributed by atoms with van der Waals surface area (Å²) >= 11 is 0. The van der Waals surface area contributed by atoms with Gasteiger partial charge in [-0.05, 0) is 43.7 Å². The summed E-state index contributed by atoms with van der Waals surface area (Å²) in [6.45, 7) is 3.39. The van der Waals surface area contributed by atoms with Gasteiger partial charge in [0.2, 0.25) is 5.91 Å².